The molecule has 1 aromatic rings. The quantitative estimate of drug-likeness (QED) is 0.582. The summed E-state index contributed by atoms with van der Waals surface area (Å²) in [5.41, 5.74) is 7.81. The highest BCUT2D eigenvalue weighted by atomic mass is 16.1. The van der Waals surface area contributed by atoms with Gasteiger partial charge in [-0.15, -0.1) is 0 Å². The first-order valence-electron chi connectivity index (χ1n) is 8.30. The number of carbonyl (C=O) groups excluding carboxylic acids is 1. The molecule has 1 aromatic carbocycles. The van der Waals surface area contributed by atoms with E-state index in [0.717, 1.165) is 56.7 Å². The molecule has 22 heavy (non-hydrogen) atoms. The second kappa shape index (κ2) is 8.76. The van der Waals surface area contributed by atoms with Crippen LogP contribution in [0.5, 0.6) is 0 Å². The Morgan fingerprint density at radius 1 is 1.09 bits per heavy atom. The predicted molar refractivity (Wildman–Crippen MR) is 92.0 cm³/mol. The van der Waals surface area contributed by atoms with Crippen molar-refractivity contribution in [3.8, 4) is 0 Å². The molecule has 5 nitrogen and oxygen atoms in total. The minimum atomic E-state index is 0.109. The lowest BCUT2D eigenvalue weighted by molar-refractivity contribution is -0.120. The first-order chi connectivity index (χ1) is 10.7. The van der Waals surface area contributed by atoms with Crippen molar-refractivity contribution in [2.75, 3.05) is 30.3 Å². The van der Waals surface area contributed by atoms with Crippen LogP contribution >= 0.6 is 0 Å². The van der Waals surface area contributed by atoms with Crippen molar-refractivity contribution in [1.82, 2.24) is 5.32 Å². The molecule has 0 radical (unpaired) electrons. The van der Waals surface area contributed by atoms with E-state index in [9.17, 15) is 4.79 Å². The smallest absolute Gasteiger partial charge is 0.227 e. The number of carbonyl (C=O) groups is 1. The Morgan fingerprint density at radius 3 is 2.36 bits per heavy atom. The van der Waals surface area contributed by atoms with Gasteiger partial charge in [0.2, 0.25) is 5.91 Å². The number of nitrogens with two attached hydrogens (primary N) is 1. The van der Waals surface area contributed by atoms with E-state index in [0.29, 0.717) is 0 Å². The average Bonchev–Trinajstić information content (AvgIpc) is 2.54. The second-order valence-corrected chi connectivity index (χ2v) is 5.96. The highest BCUT2D eigenvalue weighted by molar-refractivity contribution is 5.92. The molecule has 0 atom stereocenters. The Morgan fingerprint density at radius 2 is 1.73 bits per heavy atom. The molecule has 1 aliphatic rings. The van der Waals surface area contributed by atoms with Gasteiger partial charge in [-0.05, 0) is 56.5 Å². The lowest BCUT2D eigenvalue weighted by atomic mass is 9.86. The largest absolute Gasteiger partial charge is 0.384 e. The maximum atomic E-state index is 12.2. The summed E-state index contributed by atoms with van der Waals surface area (Å²) in [7, 11) is 0. The van der Waals surface area contributed by atoms with Gasteiger partial charge in [-0.2, -0.15) is 0 Å². The van der Waals surface area contributed by atoms with Gasteiger partial charge in [0.1, 0.15) is 0 Å². The molecule has 5 N–H and O–H groups in total. The number of nitrogens with one attached hydrogen (secondary N) is 3. The first-order valence-corrected chi connectivity index (χ1v) is 8.30. The molecule has 0 spiro atoms. The number of amides is 1. The second-order valence-electron chi connectivity index (χ2n) is 5.96. The zero-order chi connectivity index (χ0) is 15.8. The van der Waals surface area contributed by atoms with Gasteiger partial charge in [-0.3, -0.25) is 4.79 Å². The van der Waals surface area contributed by atoms with Crippen molar-refractivity contribution >= 4 is 17.3 Å². The van der Waals surface area contributed by atoms with Gasteiger partial charge >= 0.3 is 0 Å². The minimum absolute atomic E-state index is 0.109. The number of rotatable bonds is 7. The van der Waals surface area contributed by atoms with E-state index in [1.54, 1.807) is 0 Å². The van der Waals surface area contributed by atoms with Gasteiger partial charge in [-0.25, -0.2) is 0 Å². The molecule has 0 aliphatic heterocycles. The van der Waals surface area contributed by atoms with Crippen molar-refractivity contribution in [2.24, 2.45) is 11.7 Å². The predicted octanol–water partition coefficient (Wildman–Crippen LogP) is 2.16. The molecule has 0 aromatic heterocycles. The van der Waals surface area contributed by atoms with Gasteiger partial charge in [0, 0.05) is 36.4 Å². The Hall–Kier alpha value is -1.59. The van der Waals surface area contributed by atoms with Crippen LogP contribution in [0.2, 0.25) is 0 Å². The summed E-state index contributed by atoms with van der Waals surface area (Å²) in [6.45, 7) is 4.91. The third-order valence-electron chi connectivity index (χ3n) is 4.18. The van der Waals surface area contributed by atoms with E-state index >= 15 is 0 Å². The molecular weight excluding hydrogens is 276 g/mol. The van der Waals surface area contributed by atoms with Gasteiger partial charge in [0.15, 0.2) is 0 Å². The summed E-state index contributed by atoms with van der Waals surface area (Å²) in [5, 5.41) is 9.62. The molecule has 0 unspecified atom stereocenters. The van der Waals surface area contributed by atoms with Gasteiger partial charge in [-0.1, -0.05) is 6.92 Å². The van der Waals surface area contributed by atoms with Crippen molar-refractivity contribution in [1.29, 1.82) is 0 Å². The topological polar surface area (TPSA) is 79.2 Å². The van der Waals surface area contributed by atoms with Crippen LogP contribution in [-0.2, 0) is 4.79 Å². The zero-order valence-corrected chi connectivity index (χ0v) is 13.4. The third-order valence-corrected chi connectivity index (χ3v) is 4.18. The molecule has 1 fully saturated rings. The molecular formula is C17H28N4O. The fourth-order valence-electron chi connectivity index (χ4n) is 2.77. The van der Waals surface area contributed by atoms with E-state index in [-0.39, 0.29) is 17.9 Å². The lowest BCUT2D eigenvalue weighted by Gasteiger charge is -2.25. The Bertz CT molecular complexity index is 452. The first kappa shape index (κ1) is 16.8. The summed E-state index contributed by atoms with van der Waals surface area (Å²) in [5.74, 6) is 0.234. The highest BCUT2D eigenvalue weighted by Crippen LogP contribution is 2.24. The van der Waals surface area contributed by atoms with Crippen LogP contribution in [0, 0.1) is 5.92 Å². The van der Waals surface area contributed by atoms with E-state index in [2.05, 4.69) is 22.9 Å². The van der Waals surface area contributed by atoms with Crippen molar-refractivity contribution < 1.29 is 4.79 Å². The van der Waals surface area contributed by atoms with Crippen molar-refractivity contribution in [3.05, 3.63) is 24.3 Å². The van der Waals surface area contributed by atoms with Crippen molar-refractivity contribution in [2.45, 2.75) is 38.6 Å². The summed E-state index contributed by atoms with van der Waals surface area (Å²) in [6.07, 6.45) is 3.70. The average molecular weight is 304 g/mol. The van der Waals surface area contributed by atoms with Crippen LogP contribution in [0.15, 0.2) is 24.3 Å². The summed E-state index contributed by atoms with van der Waals surface area (Å²) < 4.78 is 0. The molecule has 0 saturated heterocycles. The van der Waals surface area contributed by atoms with Gasteiger partial charge in [0.25, 0.3) is 0 Å². The molecule has 0 bridgehead atoms. The summed E-state index contributed by atoms with van der Waals surface area (Å²) in [4.78, 5) is 12.2. The highest BCUT2D eigenvalue weighted by Gasteiger charge is 2.24. The van der Waals surface area contributed by atoms with Crippen molar-refractivity contribution in [3.63, 3.8) is 0 Å². The van der Waals surface area contributed by atoms with Crippen LogP contribution < -0.4 is 21.7 Å². The maximum Gasteiger partial charge on any atom is 0.227 e. The van der Waals surface area contributed by atoms with Gasteiger partial charge in [0.05, 0.1) is 0 Å². The number of anilines is 2. The SMILES string of the molecule is CCNCCNc1ccc(NC(=O)C2CCC(N)CC2)cc1. The summed E-state index contributed by atoms with van der Waals surface area (Å²) in [6, 6.07) is 8.16. The molecule has 5 heteroatoms. The van der Waals surface area contributed by atoms with Crippen LogP contribution in [0.1, 0.15) is 32.6 Å². The van der Waals surface area contributed by atoms with E-state index < -0.39 is 0 Å². The van der Waals surface area contributed by atoms with Crippen LogP contribution in [0.3, 0.4) is 0 Å². The lowest BCUT2D eigenvalue weighted by Crippen LogP contribution is -2.32. The van der Waals surface area contributed by atoms with Crippen LogP contribution in [0.4, 0.5) is 11.4 Å². The van der Waals surface area contributed by atoms with Crippen LogP contribution in [0.25, 0.3) is 0 Å². The Balaban J connectivity index is 1.77. The fourth-order valence-corrected chi connectivity index (χ4v) is 2.77. The molecule has 1 aliphatic carbocycles. The fraction of sp³-hybridized carbons (Fsp3) is 0.588. The van der Waals surface area contributed by atoms with Gasteiger partial charge < -0.3 is 21.7 Å². The zero-order valence-electron chi connectivity index (χ0n) is 13.4. The standard InChI is InChI=1S/C17H28N4O/c1-2-19-11-12-20-15-7-9-16(10-8-15)21-17(22)13-3-5-14(18)6-4-13/h7-10,13-14,19-20H,2-6,11-12,18H2,1H3,(H,21,22). The molecule has 1 amide bonds. The molecule has 0 heterocycles. The third kappa shape index (κ3) is 5.31. The van der Waals surface area contributed by atoms with Crippen LogP contribution in [-0.4, -0.2) is 31.6 Å². The number of hydrogen-bond donors (Lipinski definition) is 4. The number of likely N-dealkylation sites (N-methyl/N-ethyl adjacent to an activating group) is 1. The molecule has 1 saturated carbocycles. The molecule has 2 rings (SSSR count). The summed E-state index contributed by atoms with van der Waals surface area (Å²) >= 11 is 0. The van der Waals surface area contributed by atoms with E-state index in [1.807, 2.05) is 24.3 Å². The van der Waals surface area contributed by atoms with E-state index in [4.69, 9.17) is 5.73 Å². The molecule has 122 valence electrons. The maximum absolute atomic E-state index is 12.2. The Kier molecular flexibility index (Phi) is 6.68. The monoisotopic (exact) mass is 304 g/mol. The normalized spacial score (nSPS) is 21.4. The number of hydrogen-bond acceptors (Lipinski definition) is 4. The number of benzene rings is 1. The van der Waals surface area contributed by atoms with E-state index in [1.165, 1.54) is 0 Å². The Labute approximate surface area is 133 Å². The minimum Gasteiger partial charge on any atom is -0.384 e.